The topological polar surface area (TPSA) is 92.4 Å². The lowest BCUT2D eigenvalue weighted by Gasteiger charge is -2.03. The smallest absolute Gasteiger partial charge is 0.303 e. The van der Waals surface area contributed by atoms with Gasteiger partial charge in [-0.15, -0.1) is 14.8 Å². The predicted octanol–water partition coefficient (Wildman–Crippen LogP) is 0.709. The van der Waals surface area contributed by atoms with E-state index in [1.807, 2.05) is 6.07 Å². The van der Waals surface area contributed by atoms with E-state index in [0.29, 0.717) is 30.3 Å². The Morgan fingerprint density at radius 3 is 3.06 bits per heavy atom. The summed E-state index contributed by atoms with van der Waals surface area (Å²) in [5.74, 6) is 0.537. The fraction of sp³-hybridized carbons (Fsp3) is 0.400. The van der Waals surface area contributed by atoms with Crippen LogP contribution in [-0.4, -0.2) is 37.4 Å². The number of aromatic nitrogens is 4. The van der Waals surface area contributed by atoms with Gasteiger partial charge in [0.05, 0.1) is 0 Å². The standard InChI is InChI=1S/C10H13N5O2/c1-7-12-9-5-4-8(14-15(9)13-7)11-6-2-3-10(16)17/h4-5H,2-3,6H2,1H3,(H,11,14)(H,16,17). The number of anilines is 1. The molecule has 2 N–H and O–H groups in total. The first-order chi connectivity index (χ1) is 8.15. The maximum atomic E-state index is 10.3. The maximum Gasteiger partial charge on any atom is 0.303 e. The second-order valence-corrected chi connectivity index (χ2v) is 3.65. The van der Waals surface area contributed by atoms with Crippen molar-refractivity contribution in [3.63, 3.8) is 0 Å². The minimum atomic E-state index is -0.790. The highest BCUT2D eigenvalue weighted by molar-refractivity contribution is 5.66. The van der Waals surface area contributed by atoms with Gasteiger partial charge in [0, 0.05) is 13.0 Å². The summed E-state index contributed by atoms with van der Waals surface area (Å²) >= 11 is 0. The molecule has 0 aliphatic heterocycles. The summed E-state index contributed by atoms with van der Waals surface area (Å²) in [4.78, 5) is 14.5. The van der Waals surface area contributed by atoms with Crippen molar-refractivity contribution in [1.29, 1.82) is 0 Å². The summed E-state index contributed by atoms with van der Waals surface area (Å²) in [6.45, 7) is 2.37. The number of nitrogens with one attached hydrogen (secondary N) is 1. The molecule has 0 aliphatic carbocycles. The Morgan fingerprint density at radius 2 is 2.29 bits per heavy atom. The van der Waals surface area contributed by atoms with Gasteiger partial charge in [-0.1, -0.05) is 0 Å². The molecule has 90 valence electrons. The van der Waals surface area contributed by atoms with Gasteiger partial charge in [-0.25, -0.2) is 4.98 Å². The number of hydrogen-bond acceptors (Lipinski definition) is 5. The zero-order chi connectivity index (χ0) is 12.3. The van der Waals surface area contributed by atoms with E-state index in [1.165, 1.54) is 4.63 Å². The lowest BCUT2D eigenvalue weighted by molar-refractivity contribution is -0.137. The van der Waals surface area contributed by atoms with Gasteiger partial charge < -0.3 is 10.4 Å². The highest BCUT2D eigenvalue weighted by Gasteiger charge is 2.02. The van der Waals surface area contributed by atoms with Crippen molar-refractivity contribution in [2.45, 2.75) is 19.8 Å². The van der Waals surface area contributed by atoms with Gasteiger partial charge in [-0.2, -0.15) is 0 Å². The Bertz CT molecular complexity index is 536. The van der Waals surface area contributed by atoms with E-state index in [0.717, 1.165) is 0 Å². The zero-order valence-electron chi connectivity index (χ0n) is 9.42. The molecule has 0 bridgehead atoms. The SMILES string of the molecule is Cc1nc2ccc(NCCCC(=O)O)nn2n1. The van der Waals surface area contributed by atoms with Crippen LogP contribution in [0.3, 0.4) is 0 Å². The largest absolute Gasteiger partial charge is 0.481 e. The molecule has 2 aromatic rings. The molecule has 0 unspecified atom stereocenters. The second-order valence-electron chi connectivity index (χ2n) is 3.65. The lowest BCUT2D eigenvalue weighted by Crippen LogP contribution is -2.08. The van der Waals surface area contributed by atoms with E-state index in [9.17, 15) is 4.79 Å². The zero-order valence-corrected chi connectivity index (χ0v) is 9.42. The van der Waals surface area contributed by atoms with Crippen LogP contribution in [0.2, 0.25) is 0 Å². The lowest BCUT2D eigenvalue weighted by atomic mass is 10.3. The molecule has 0 radical (unpaired) electrons. The molecule has 2 heterocycles. The quantitative estimate of drug-likeness (QED) is 0.741. The van der Waals surface area contributed by atoms with Gasteiger partial charge in [0.1, 0.15) is 11.6 Å². The van der Waals surface area contributed by atoms with Crippen LogP contribution in [0.25, 0.3) is 5.65 Å². The number of carbonyl (C=O) groups is 1. The van der Waals surface area contributed by atoms with Gasteiger partial charge in [0.25, 0.3) is 0 Å². The average Bonchev–Trinajstić information content (AvgIpc) is 2.63. The Hall–Kier alpha value is -2.18. The number of carboxylic acid groups (broad SMARTS) is 1. The van der Waals surface area contributed by atoms with Crippen LogP contribution in [0.4, 0.5) is 5.82 Å². The Kier molecular flexibility index (Phi) is 3.17. The number of aliphatic carboxylic acids is 1. The maximum absolute atomic E-state index is 10.3. The minimum Gasteiger partial charge on any atom is -0.481 e. The molecule has 0 saturated heterocycles. The van der Waals surface area contributed by atoms with Crippen molar-refractivity contribution in [1.82, 2.24) is 19.8 Å². The van der Waals surface area contributed by atoms with E-state index in [4.69, 9.17) is 5.11 Å². The highest BCUT2D eigenvalue weighted by atomic mass is 16.4. The van der Waals surface area contributed by atoms with Gasteiger partial charge in [0.2, 0.25) is 0 Å². The Labute approximate surface area is 97.5 Å². The molecule has 2 aromatic heterocycles. The number of hydrogen-bond donors (Lipinski definition) is 2. The van der Waals surface area contributed by atoms with Crippen molar-refractivity contribution in [2.24, 2.45) is 0 Å². The van der Waals surface area contributed by atoms with E-state index < -0.39 is 5.97 Å². The number of rotatable bonds is 5. The third-order valence-corrected chi connectivity index (χ3v) is 2.19. The molecule has 0 fully saturated rings. The van der Waals surface area contributed by atoms with Crippen LogP contribution in [0.15, 0.2) is 12.1 Å². The third-order valence-electron chi connectivity index (χ3n) is 2.19. The molecular formula is C10H13N5O2. The molecule has 7 heteroatoms. The summed E-state index contributed by atoms with van der Waals surface area (Å²) in [6, 6.07) is 3.61. The fourth-order valence-corrected chi connectivity index (χ4v) is 1.44. The molecule has 7 nitrogen and oxygen atoms in total. The third kappa shape index (κ3) is 2.90. The van der Waals surface area contributed by atoms with Crippen LogP contribution < -0.4 is 5.32 Å². The summed E-state index contributed by atoms with van der Waals surface area (Å²) in [5, 5.41) is 19.8. The molecule has 0 amide bonds. The van der Waals surface area contributed by atoms with Crippen molar-refractivity contribution in [3.05, 3.63) is 18.0 Å². The molecular weight excluding hydrogens is 222 g/mol. The number of fused-ring (bicyclic) bond motifs is 1. The number of carboxylic acids is 1. The van der Waals surface area contributed by atoms with Gasteiger partial charge in [0.15, 0.2) is 5.65 Å². The average molecular weight is 235 g/mol. The normalized spacial score (nSPS) is 10.6. The van der Waals surface area contributed by atoms with Crippen LogP contribution in [0.5, 0.6) is 0 Å². The first-order valence-corrected chi connectivity index (χ1v) is 5.31. The molecule has 0 spiro atoms. The summed E-state index contributed by atoms with van der Waals surface area (Å²) in [6.07, 6.45) is 0.711. The monoisotopic (exact) mass is 235 g/mol. The molecule has 0 saturated carbocycles. The van der Waals surface area contributed by atoms with Crippen LogP contribution in [0.1, 0.15) is 18.7 Å². The summed E-state index contributed by atoms with van der Waals surface area (Å²) in [7, 11) is 0. The van der Waals surface area contributed by atoms with Crippen LogP contribution >= 0.6 is 0 Å². The highest BCUT2D eigenvalue weighted by Crippen LogP contribution is 2.05. The van der Waals surface area contributed by atoms with Crippen LogP contribution in [0, 0.1) is 6.92 Å². The summed E-state index contributed by atoms with van der Waals surface area (Å²) < 4.78 is 1.45. The molecule has 0 aliphatic rings. The summed E-state index contributed by atoms with van der Waals surface area (Å²) in [5.41, 5.74) is 0.693. The molecule has 17 heavy (non-hydrogen) atoms. The van der Waals surface area contributed by atoms with Crippen molar-refractivity contribution in [2.75, 3.05) is 11.9 Å². The van der Waals surface area contributed by atoms with Gasteiger partial charge in [-0.3, -0.25) is 4.79 Å². The van der Waals surface area contributed by atoms with Crippen molar-refractivity contribution < 1.29 is 9.90 Å². The van der Waals surface area contributed by atoms with Crippen LogP contribution in [-0.2, 0) is 4.79 Å². The number of nitrogens with zero attached hydrogens (tertiary/aromatic N) is 4. The minimum absolute atomic E-state index is 0.150. The molecule has 0 atom stereocenters. The van der Waals surface area contributed by atoms with Gasteiger partial charge in [-0.05, 0) is 25.5 Å². The molecule has 0 aromatic carbocycles. The van der Waals surface area contributed by atoms with E-state index >= 15 is 0 Å². The first-order valence-electron chi connectivity index (χ1n) is 5.31. The van der Waals surface area contributed by atoms with Crippen molar-refractivity contribution in [3.8, 4) is 0 Å². The predicted molar refractivity (Wildman–Crippen MR) is 60.9 cm³/mol. The Morgan fingerprint density at radius 1 is 1.47 bits per heavy atom. The van der Waals surface area contributed by atoms with E-state index in [2.05, 4.69) is 20.5 Å². The van der Waals surface area contributed by atoms with Gasteiger partial charge >= 0.3 is 5.97 Å². The fourth-order valence-electron chi connectivity index (χ4n) is 1.44. The second kappa shape index (κ2) is 4.77. The first kappa shape index (κ1) is 11.3. The van der Waals surface area contributed by atoms with Crippen molar-refractivity contribution >= 4 is 17.4 Å². The van der Waals surface area contributed by atoms with E-state index in [1.54, 1.807) is 13.0 Å². The Balaban J connectivity index is 1.96. The number of aryl methyl sites for hydroxylation is 1. The van der Waals surface area contributed by atoms with E-state index in [-0.39, 0.29) is 6.42 Å². The molecule has 2 rings (SSSR count).